The smallest absolute Gasteiger partial charge is 0.311 e. The minimum Gasteiger partial charge on any atom is -0.394 e. The largest absolute Gasteiger partial charge is 0.394 e. The van der Waals surface area contributed by atoms with Crippen LogP contribution in [0.4, 0.5) is 5.69 Å². The summed E-state index contributed by atoms with van der Waals surface area (Å²) in [5.74, 6) is 0. The Kier molecular flexibility index (Phi) is 2.36. The van der Waals surface area contributed by atoms with E-state index in [-0.39, 0.29) is 18.0 Å². The van der Waals surface area contributed by atoms with Crippen molar-refractivity contribution in [3.63, 3.8) is 0 Å². The molecule has 7 heteroatoms. The summed E-state index contributed by atoms with van der Waals surface area (Å²) in [4.78, 5) is 9.71. The fourth-order valence-electron chi connectivity index (χ4n) is 0.799. The van der Waals surface area contributed by atoms with Crippen molar-refractivity contribution in [1.82, 2.24) is 10.2 Å². The zero-order valence-electron chi connectivity index (χ0n) is 6.10. The van der Waals surface area contributed by atoms with Crippen LogP contribution in [0, 0.1) is 10.1 Å². The first-order valence-electron chi connectivity index (χ1n) is 3.21. The molecule has 4 N–H and O–H groups in total. The number of nitrogens with zero attached hydrogens (tertiary/aromatic N) is 2. The quantitative estimate of drug-likeness (QED) is 0.412. The molecule has 1 aromatic rings. The fourth-order valence-corrected chi connectivity index (χ4v) is 0.799. The standard InChI is InChI=1S/C5H8N4O3/c6-3(2-10)5-4(9(11)12)1-7-8-5/h1,3,10H,2,6H2,(H,7,8)/t3-/m0/s1. The van der Waals surface area contributed by atoms with E-state index in [1.165, 1.54) is 0 Å². The van der Waals surface area contributed by atoms with Crippen LogP contribution >= 0.6 is 0 Å². The molecule has 0 bridgehead atoms. The topological polar surface area (TPSA) is 118 Å². The Hall–Kier alpha value is -1.47. The summed E-state index contributed by atoms with van der Waals surface area (Å²) in [5, 5.41) is 24.7. The second kappa shape index (κ2) is 3.28. The summed E-state index contributed by atoms with van der Waals surface area (Å²) >= 11 is 0. The third-order valence-corrected chi connectivity index (χ3v) is 1.41. The van der Waals surface area contributed by atoms with Gasteiger partial charge in [0.15, 0.2) is 0 Å². The van der Waals surface area contributed by atoms with Gasteiger partial charge < -0.3 is 10.8 Å². The van der Waals surface area contributed by atoms with Gasteiger partial charge in [-0.3, -0.25) is 15.2 Å². The van der Waals surface area contributed by atoms with Crippen molar-refractivity contribution in [1.29, 1.82) is 0 Å². The van der Waals surface area contributed by atoms with E-state index in [1.54, 1.807) is 0 Å². The summed E-state index contributed by atoms with van der Waals surface area (Å²) in [6.45, 7) is -0.358. The molecule has 1 heterocycles. The molecule has 0 unspecified atom stereocenters. The molecule has 0 spiro atoms. The van der Waals surface area contributed by atoms with E-state index in [9.17, 15) is 10.1 Å². The fraction of sp³-hybridized carbons (Fsp3) is 0.400. The van der Waals surface area contributed by atoms with Gasteiger partial charge in [-0.15, -0.1) is 0 Å². The summed E-state index contributed by atoms with van der Waals surface area (Å²) in [5.41, 5.74) is 5.30. The van der Waals surface area contributed by atoms with E-state index >= 15 is 0 Å². The number of aromatic nitrogens is 2. The van der Waals surface area contributed by atoms with E-state index < -0.39 is 11.0 Å². The van der Waals surface area contributed by atoms with Crippen LogP contribution < -0.4 is 5.73 Å². The van der Waals surface area contributed by atoms with Gasteiger partial charge in [0, 0.05) is 0 Å². The molecule has 0 aromatic carbocycles. The third-order valence-electron chi connectivity index (χ3n) is 1.41. The van der Waals surface area contributed by atoms with Crippen molar-refractivity contribution in [3.8, 4) is 0 Å². The average molecular weight is 172 g/mol. The van der Waals surface area contributed by atoms with E-state index in [1.807, 2.05) is 0 Å². The van der Waals surface area contributed by atoms with Crippen molar-refractivity contribution in [2.24, 2.45) is 5.73 Å². The Bertz CT molecular complexity index is 284. The van der Waals surface area contributed by atoms with Crippen LogP contribution in [0.3, 0.4) is 0 Å². The highest BCUT2D eigenvalue weighted by molar-refractivity contribution is 5.34. The Morgan fingerprint density at radius 3 is 3.08 bits per heavy atom. The van der Waals surface area contributed by atoms with Crippen LogP contribution in [0.2, 0.25) is 0 Å². The number of aliphatic hydroxyl groups is 1. The number of rotatable bonds is 3. The van der Waals surface area contributed by atoms with Crippen LogP contribution in [-0.4, -0.2) is 26.8 Å². The SMILES string of the molecule is N[C@@H](CO)c1[nH]ncc1[N+](=O)[O-]. The summed E-state index contributed by atoms with van der Waals surface area (Å²) < 4.78 is 0. The monoisotopic (exact) mass is 172 g/mol. The number of hydrogen-bond acceptors (Lipinski definition) is 5. The maximum atomic E-state index is 10.3. The van der Waals surface area contributed by atoms with Crippen LogP contribution in [0.25, 0.3) is 0 Å². The van der Waals surface area contributed by atoms with Gasteiger partial charge in [-0.25, -0.2) is 0 Å². The minimum atomic E-state index is -0.784. The lowest BCUT2D eigenvalue weighted by molar-refractivity contribution is -0.385. The molecule has 1 rings (SSSR count). The second-order valence-electron chi connectivity index (χ2n) is 2.22. The van der Waals surface area contributed by atoms with Crippen LogP contribution in [0.1, 0.15) is 11.7 Å². The first kappa shape index (κ1) is 8.62. The predicted octanol–water partition coefficient (Wildman–Crippen LogP) is -0.690. The van der Waals surface area contributed by atoms with E-state index in [4.69, 9.17) is 10.8 Å². The lowest BCUT2D eigenvalue weighted by Crippen LogP contribution is -2.16. The van der Waals surface area contributed by atoms with E-state index in [0.717, 1.165) is 6.20 Å². The molecular weight excluding hydrogens is 164 g/mol. The van der Waals surface area contributed by atoms with Crippen molar-refractivity contribution in [2.75, 3.05) is 6.61 Å². The lowest BCUT2D eigenvalue weighted by Gasteiger charge is -2.02. The van der Waals surface area contributed by atoms with Gasteiger partial charge in [0.1, 0.15) is 11.9 Å². The van der Waals surface area contributed by atoms with Gasteiger partial charge in [-0.05, 0) is 0 Å². The van der Waals surface area contributed by atoms with Gasteiger partial charge in [0.25, 0.3) is 0 Å². The number of aliphatic hydroxyl groups excluding tert-OH is 1. The van der Waals surface area contributed by atoms with Gasteiger partial charge in [-0.2, -0.15) is 5.10 Å². The van der Waals surface area contributed by atoms with Gasteiger partial charge >= 0.3 is 5.69 Å². The summed E-state index contributed by atoms with van der Waals surface area (Å²) in [7, 11) is 0. The third kappa shape index (κ3) is 1.41. The number of H-pyrrole nitrogens is 1. The van der Waals surface area contributed by atoms with Crippen molar-refractivity contribution >= 4 is 5.69 Å². The molecule has 0 aliphatic heterocycles. The first-order chi connectivity index (χ1) is 5.66. The highest BCUT2D eigenvalue weighted by Crippen LogP contribution is 2.19. The van der Waals surface area contributed by atoms with Crippen LogP contribution in [-0.2, 0) is 0 Å². The minimum absolute atomic E-state index is 0.141. The molecular formula is C5H8N4O3. The molecule has 0 aliphatic carbocycles. The van der Waals surface area contributed by atoms with E-state index in [0.29, 0.717) is 0 Å². The normalized spacial score (nSPS) is 12.8. The molecule has 0 fully saturated rings. The Morgan fingerprint density at radius 2 is 2.58 bits per heavy atom. The molecule has 66 valence electrons. The van der Waals surface area contributed by atoms with Crippen molar-refractivity contribution in [2.45, 2.75) is 6.04 Å². The molecule has 0 aliphatic rings. The summed E-state index contributed by atoms with van der Waals surface area (Å²) in [6, 6.07) is -0.784. The number of hydrogen-bond donors (Lipinski definition) is 3. The molecule has 1 atom stereocenters. The van der Waals surface area contributed by atoms with Crippen LogP contribution in [0.5, 0.6) is 0 Å². The molecule has 12 heavy (non-hydrogen) atoms. The number of nitrogens with one attached hydrogen (secondary N) is 1. The Morgan fingerprint density at radius 1 is 1.92 bits per heavy atom. The highest BCUT2D eigenvalue weighted by atomic mass is 16.6. The maximum Gasteiger partial charge on any atom is 0.311 e. The zero-order valence-corrected chi connectivity index (χ0v) is 6.10. The van der Waals surface area contributed by atoms with Gasteiger partial charge in [-0.1, -0.05) is 0 Å². The first-order valence-corrected chi connectivity index (χ1v) is 3.21. The maximum absolute atomic E-state index is 10.3. The number of aromatic amines is 1. The number of nitro groups is 1. The van der Waals surface area contributed by atoms with Crippen molar-refractivity contribution < 1.29 is 10.0 Å². The van der Waals surface area contributed by atoms with Crippen LogP contribution in [0.15, 0.2) is 6.20 Å². The van der Waals surface area contributed by atoms with Crippen molar-refractivity contribution in [3.05, 3.63) is 22.0 Å². The average Bonchev–Trinajstić information content (AvgIpc) is 2.50. The molecule has 0 radical (unpaired) electrons. The van der Waals surface area contributed by atoms with E-state index in [2.05, 4.69) is 10.2 Å². The second-order valence-corrected chi connectivity index (χ2v) is 2.22. The lowest BCUT2D eigenvalue weighted by atomic mass is 10.2. The van der Waals surface area contributed by atoms with Gasteiger partial charge in [0.05, 0.1) is 17.6 Å². The number of nitrogens with two attached hydrogens (primary N) is 1. The molecule has 0 amide bonds. The molecule has 0 saturated heterocycles. The molecule has 1 aromatic heterocycles. The zero-order chi connectivity index (χ0) is 9.14. The summed E-state index contributed by atoms with van der Waals surface area (Å²) in [6.07, 6.45) is 1.06. The molecule has 7 nitrogen and oxygen atoms in total. The van der Waals surface area contributed by atoms with Gasteiger partial charge in [0.2, 0.25) is 0 Å². The Labute approximate surface area is 67.3 Å². The predicted molar refractivity (Wildman–Crippen MR) is 39.3 cm³/mol. The Balaban J connectivity index is 2.98. The highest BCUT2D eigenvalue weighted by Gasteiger charge is 2.20. The molecule has 0 saturated carbocycles.